The van der Waals surface area contributed by atoms with Crippen molar-refractivity contribution in [2.75, 3.05) is 26.6 Å². The van der Waals surface area contributed by atoms with Crippen LogP contribution in [0, 0.1) is 0 Å². The highest BCUT2D eigenvalue weighted by Crippen LogP contribution is 2.40. The molecule has 2 fully saturated rings. The second-order valence-electron chi connectivity index (χ2n) is 10.2. The van der Waals surface area contributed by atoms with Crippen molar-refractivity contribution in [2.24, 2.45) is 0 Å². The first kappa shape index (κ1) is 25.9. The summed E-state index contributed by atoms with van der Waals surface area (Å²) in [7, 11) is 0. The SMILES string of the molecule is CCc1cccc(CC)c1-c1nc(Br)c(CN2CCCCC2c2ccc3c(c2)OCO3)n1CC1OCCO1. The molecular formula is C30H36BrN3O4. The van der Waals surface area contributed by atoms with Crippen molar-refractivity contribution < 1.29 is 18.9 Å². The zero-order valence-corrected chi connectivity index (χ0v) is 23.8. The predicted molar refractivity (Wildman–Crippen MR) is 149 cm³/mol. The highest BCUT2D eigenvalue weighted by molar-refractivity contribution is 9.10. The minimum Gasteiger partial charge on any atom is -0.454 e. The van der Waals surface area contributed by atoms with Crippen LogP contribution in [0.3, 0.4) is 0 Å². The van der Waals surface area contributed by atoms with Gasteiger partial charge in [0.15, 0.2) is 17.8 Å². The van der Waals surface area contributed by atoms with E-state index >= 15 is 0 Å². The van der Waals surface area contributed by atoms with Gasteiger partial charge in [-0.2, -0.15) is 0 Å². The van der Waals surface area contributed by atoms with Crippen LogP contribution < -0.4 is 9.47 Å². The van der Waals surface area contributed by atoms with Crippen molar-refractivity contribution in [2.45, 2.75) is 71.4 Å². The summed E-state index contributed by atoms with van der Waals surface area (Å²) in [6.07, 6.45) is 5.17. The highest BCUT2D eigenvalue weighted by atomic mass is 79.9. The van der Waals surface area contributed by atoms with Gasteiger partial charge < -0.3 is 23.5 Å². The van der Waals surface area contributed by atoms with Crippen LogP contribution in [-0.2, 0) is 35.4 Å². The average molecular weight is 583 g/mol. The summed E-state index contributed by atoms with van der Waals surface area (Å²) in [5.74, 6) is 2.68. The second kappa shape index (κ2) is 11.4. The van der Waals surface area contributed by atoms with E-state index in [4.69, 9.17) is 23.9 Å². The van der Waals surface area contributed by atoms with Crippen LogP contribution in [0.4, 0.5) is 0 Å². The third-order valence-corrected chi connectivity index (χ3v) is 8.65. The molecule has 3 aliphatic heterocycles. The van der Waals surface area contributed by atoms with E-state index in [1.165, 1.54) is 40.8 Å². The molecule has 2 aromatic carbocycles. The number of benzene rings is 2. The van der Waals surface area contributed by atoms with Crippen molar-refractivity contribution in [3.8, 4) is 22.9 Å². The molecule has 3 aromatic rings. The van der Waals surface area contributed by atoms with Crippen LogP contribution >= 0.6 is 15.9 Å². The molecule has 3 aliphatic rings. The number of piperidine rings is 1. The Kier molecular flexibility index (Phi) is 7.75. The lowest BCUT2D eigenvalue weighted by molar-refractivity contribution is -0.0529. The first-order valence-electron chi connectivity index (χ1n) is 13.9. The molecule has 0 spiro atoms. The van der Waals surface area contributed by atoms with Gasteiger partial charge in [-0.3, -0.25) is 4.90 Å². The van der Waals surface area contributed by atoms with Crippen LogP contribution in [0.15, 0.2) is 41.0 Å². The summed E-state index contributed by atoms with van der Waals surface area (Å²) >= 11 is 3.87. The number of aryl methyl sites for hydroxylation is 2. The van der Waals surface area contributed by atoms with E-state index in [0.717, 1.165) is 54.3 Å². The minimum absolute atomic E-state index is 0.265. The molecule has 202 valence electrons. The fraction of sp³-hybridized carbons (Fsp3) is 0.500. The lowest BCUT2D eigenvalue weighted by atomic mass is 9.94. The van der Waals surface area contributed by atoms with Gasteiger partial charge in [0.1, 0.15) is 10.4 Å². The summed E-state index contributed by atoms with van der Waals surface area (Å²) < 4.78 is 26.4. The number of hydrogen-bond donors (Lipinski definition) is 0. The van der Waals surface area contributed by atoms with E-state index < -0.39 is 0 Å². The number of halogens is 1. The molecule has 0 radical (unpaired) electrons. The normalized spacial score (nSPS) is 19.9. The van der Waals surface area contributed by atoms with Gasteiger partial charge >= 0.3 is 0 Å². The van der Waals surface area contributed by atoms with Crippen molar-refractivity contribution >= 4 is 15.9 Å². The lowest BCUT2D eigenvalue weighted by Crippen LogP contribution is -2.34. The molecule has 7 nitrogen and oxygen atoms in total. The Balaban J connectivity index is 1.39. The number of fused-ring (bicyclic) bond motifs is 1. The molecule has 0 aliphatic carbocycles. The molecule has 6 rings (SSSR count). The summed E-state index contributed by atoms with van der Waals surface area (Å²) in [4.78, 5) is 7.75. The molecular weight excluding hydrogens is 546 g/mol. The van der Waals surface area contributed by atoms with Gasteiger partial charge in [0.25, 0.3) is 0 Å². The molecule has 8 heteroatoms. The zero-order valence-electron chi connectivity index (χ0n) is 22.2. The monoisotopic (exact) mass is 581 g/mol. The van der Waals surface area contributed by atoms with E-state index in [1.54, 1.807) is 0 Å². The zero-order chi connectivity index (χ0) is 26.1. The Morgan fingerprint density at radius 3 is 2.50 bits per heavy atom. The van der Waals surface area contributed by atoms with Crippen molar-refractivity contribution in [1.29, 1.82) is 0 Å². The van der Waals surface area contributed by atoms with Crippen molar-refractivity contribution in [3.63, 3.8) is 0 Å². The number of aromatic nitrogens is 2. The van der Waals surface area contributed by atoms with Gasteiger partial charge in [-0.05, 0) is 77.0 Å². The van der Waals surface area contributed by atoms with Crippen LogP contribution in [0.5, 0.6) is 11.5 Å². The number of ether oxygens (including phenoxy) is 4. The molecule has 0 amide bonds. The minimum atomic E-state index is -0.265. The van der Waals surface area contributed by atoms with Crippen LogP contribution in [0.25, 0.3) is 11.4 Å². The summed E-state index contributed by atoms with van der Waals surface area (Å²) in [5, 5.41) is 0. The molecule has 1 aromatic heterocycles. The van der Waals surface area contributed by atoms with Gasteiger partial charge in [0.05, 0.1) is 25.5 Å². The summed E-state index contributed by atoms with van der Waals surface area (Å²) in [6, 6.07) is 13.3. The summed E-state index contributed by atoms with van der Waals surface area (Å²) in [6.45, 7) is 8.44. The maximum Gasteiger partial charge on any atom is 0.231 e. The third kappa shape index (κ3) is 4.99. The van der Waals surface area contributed by atoms with Gasteiger partial charge in [-0.15, -0.1) is 0 Å². The Bertz CT molecular complexity index is 1260. The quantitative estimate of drug-likeness (QED) is 0.312. The molecule has 38 heavy (non-hydrogen) atoms. The molecule has 1 unspecified atom stereocenters. The standard InChI is InChI=1S/C30H36BrN3O4/c1-3-20-8-7-9-21(4-2)28(20)30-32-29(31)24(34(30)18-27-35-14-15-36-27)17-33-13-6-5-10-23(33)22-11-12-25-26(16-22)38-19-37-25/h7-9,11-12,16,23,27H,3-6,10,13-15,17-19H2,1-2H3. The molecule has 4 heterocycles. The Labute approximate surface area is 233 Å². The smallest absolute Gasteiger partial charge is 0.231 e. The number of hydrogen-bond acceptors (Lipinski definition) is 6. The number of rotatable bonds is 8. The largest absolute Gasteiger partial charge is 0.454 e. The first-order chi connectivity index (χ1) is 18.7. The first-order valence-corrected chi connectivity index (χ1v) is 14.7. The van der Waals surface area contributed by atoms with E-state index in [9.17, 15) is 0 Å². The van der Waals surface area contributed by atoms with E-state index in [-0.39, 0.29) is 6.29 Å². The maximum atomic E-state index is 5.92. The Morgan fingerprint density at radius 2 is 1.74 bits per heavy atom. The number of likely N-dealkylation sites (tertiary alicyclic amines) is 1. The van der Waals surface area contributed by atoms with Crippen LogP contribution in [0.1, 0.15) is 61.5 Å². The molecule has 1 atom stereocenters. The van der Waals surface area contributed by atoms with E-state index in [0.29, 0.717) is 32.6 Å². The topological polar surface area (TPSA) is 58.0 Å². The number of imidazole rings is 1. The van der Waals surface area contributed by atoms with Crippen molar-refractivity contribution in [3.05, 3.63) is 63.4 Å². The van der Waals surface area contributed by atoms with Gasteiger partial charge in [-0.1, -0.05) is 44.5 Å². The van der Waals surface area contributed by atoms with E-state index in [2.05, 4.69) is 69.6 Å². The summed E-state index contributed by atoms with van der Waals surface area (Å²) in [5.41, 5.74) is 6.33. The Hall–Kier alpha value is -2.39. The highest BCUT2D eigenvalue weighted by Gasteiger charge is 2.30. The number of nitrogens with zero attached hydrogens (tertiary/aromatic N) is 3. The fourth-order valence-electron chi connectivity index (χ4n) is 6.06. The van der Waals surface area contributed by atoms with Crippen LogP contribution in [-0.4, -0.2) is 47.3 Å². The predicted octanol–water partition coefficient (Wildman–Crippen LogP) is 6.27. The maximum absolute atomic E-state index is 5.92. The van der Waals surface area contributed by atoms with E-state index in [1.807, 2.05) is 6.07 Å². The molecule has 0 saturated carbocycles. The van der Waals surface area contributed by atoms with Gasteiger partial charge in [-0.25, -0.2) is 4.98 Å². The molecule has 2 saturated heterocycles. The van der Waals surface area contributed by atoms with Gasteiger partial charge in [0, 0.05) is 18.2 Å². The van der Waals surface area contributed by atoms with Gasteiger partial charge in [0.2, 0.25) is 6.79 Å². The van der Waals surface area contributed by atoms with Crippen LogP contribution in [0.2, 0.25) is 0 Å². The molecule has 0 N–H and O–H groups in total. The fourth-order valence-corrected chi connectivity index (χ4v) is 6.56. The third-order valence-electron chi connectivity index (χ3n) is 8.02. The Morgan fingerprint density at radius 1 is 0.974 bits per heavy atom. The lowest BCUT2D eigenvalue weighted by Gasteiger charge is -2.36. The average Bonchev–Trinajstić information content (AvgIpc) is 3.70. The van der Waals surface area contributed by atoms with Crippen molar-refractivity contribution in [1.82, 2.24) is 14.5 Å². The molecule has 0 bridgehead atoms. The second-order valence-corrected chi connectivity index (χ2v) is 11.0.